The molecule has 1 fully saturated rings. The summed E-state index contributed by atoms with van der Waals surface area (Å²) in [6, 6.07) is 7.87. The van der Waals surface area contributed by atoms with E-state index in [0.29, 0.717) is 5.75 Å². The molecule has 0 radical (unpaired) electrons. The lowest BCUT2D eigenvalue weighted by atomic mass is 10.0. The maximum Gasteiger partial charge on any atom is 0.172 e. The topological polar surface area (TPSA) is 17.1 Å². The normalized spacial score (nSPS) is 17.0. The van der Waals surface area contributed by atoms with Gasteiger partial charge in [-0.3, -0.25) is 4.79 Å². The lowest BCUT2D eigenvalue weighted by molar-refractivity contribution is 0.102. The molecule has 3 heteroatoms. The Balaban J connectivity index is 1.82. The van der Waals surface area contributed by atoms with Crippen molar-refractivity contribution in [3.8, 4) is 0 Å². The maximum absolute atomic E-state index is 12.0. The molecule has 0 spiro atoms. The molecule has 0 heterocycles. The van der Waals surface area contributed by atoms with Gasteiger partial charge in [-0.2, -0.15) is 11.8 Å². The van der Waals surface area contributed by atoms with E-state index in [2.05, 4.69) is 22.6 Å². The van der Waals surface area contributed by atoms with Crippen LogP contribution >= 0.6 is 34.4 Å². The van der Waals surface area contributed by atoms with Crippen LogP contribution in [0, 0.1) is 3.57 Å². The predicted molar refractivity (Wildman–Crippen MR) is 82.8 cm³/mol. The third kappa shape index (κ3) is 4.28. The van der Waals surface area contributed by atoms with Gasteiger partial charge in [-0.05, 0) is 47.6 Å². The van der Waals surface area contributed by atoms with E-state index < -0.39 is 0 Å². The Morgan fingerprint density at radius 2 is 1.82 bits per heavy atom. The van der Waals surface area contributed by atoms with E-state index in [0.717, 1.165) is 10.8 Å². The molecule has 0 bridgehead atoms. The predicted octanol–water partition coefficient (Wildman–Crippen LogP) is 4.54. The van der Waals surface area contributed by atoms with Gasteiger partial charge in [-0.15, -0.1) is 0 Å². The summed E-state index contributed by atoms with van der Waals surface area (Å²) in [7, 11) is 0. The average Bonchev–Trinajstić information content (AvgIpc) is 2.38. The van der Waals surface area contributed by atoms with Crippen molar-refractivity contribution in [3.05, 3.63) is 33.4 Å². The molecule has 0 saturated heterocycles. The van der Waals surface area contributed by atoms with Crippen molar-refractivity contribution in [3.63, 3.8) is 0 Å². The first-order chi connectivity index (χ1) is 8.25. The van der Waals surface area contributed by atoms with Gasteiger partial charge in [0, 0.05) is 14.4 Å². The van der Waals surface area contributed by atoms with Crippen molar-refractivity contribution >= 4 is 40.1 Å². The quantitative estimate of drug-likeness (QED) is 0.579. The highest BCUT2D eigenvalue weighted by Gasteiger charge is 2.15. The van der Waals surface area contributed by atoms with Gasteiger partial charge in [-0.1, -0.05) is 31.4 Å². The Bertz CT molecular complexity index is 368. The molecule has 1 aliphatic carbocycles. The second kappa shape index (κ2) is 6.78. The molecule has 17 heavy (non-hydrogen) atoms. The SMILES string of the molecule is O=C(CSC1CCCCC1)c1ccc(I)cc1. The lowest BCUT2D eigenvalue weighted by Gasteiger charge is -2.20. The Kier molecular flexibility index (Phi) is 5.35. The summed E-state index contributed by atoms with van der Waals surface area (Å²) in [6.07, 6.45) is 6.65. The van der Waals surface area contributed by atoms with E-state index in [1.807, 2.05) is 36.0 Å². The number of hydrogen-bond donors (Lipinski definition) is 0. The molecule has 1 aromatic carbocycles. The fraction of sp³-hybridized carbons (Fsp3) is 0.500. The molecule has 0 amide bonds. The highest BCUT2D eigenvalue weighted by molar-refractivity contribution is 14.1. The summed E-state index contributed by atoms with van der Waals surface area (Å²) in [5.74, 6) is 0.919. The van der Waals surface area contributed by atoms with Crippen LogP contribution in [0.2, 0.25) is 0 Å². The molecule has 1 saturated carbocycles. The molecule has 0 N–H and O–H groups in total. The van der Waals surface area contributed by atoms with Crippen molar-refractivity contribution in [2.45, 2.75) is 37.4 Å². The number of carbonyl (C=O) groups is 1. The number of hydrogen-bond acceptors (Lipinski definition) is 2. The van der Waals surface area contributed by atoms with Gasteiger partial charge in [0.15, 0.2) is 5.78 Å². The van der Waals surface area contributed by atoms with Crippen LogP contribution in [0.3, 0.4) is 0 Å². The van der Waals surface area contributed by atoms with Crippen LogP contribution < -0.4 is 0 Å². The van der Waals surface area contributed by atoms with Gasteiger partial charge in [-0.25, -0.2) is 0 Å². The second-order valence-corrected chi connectivity index (χ2v) is 7.04. The first-order valence-corrected chi connectivity index (χ1v) is 8.29. The molecular weight excluding hydrogens is 343 g/mol. The van der Waals surface area contributed by atoms with Crippen molar-refractivity contribution in [1.29, 1.82) is 0 Å². The van der Waals surface area contributed by atoms with Crippen LogP contribution in [0.4, 0.5) is 0 Å². The molecule has 92 valence electrons. The molecule has 1 nitrogen and oxygen atoms in total. The number of carbonyl (C=O) groups excluding carboxylic acids is 1. The van der Waals surface area contributed by atoms with Crippen molar-refractivity contribution in [2.24, 2.45) is 0 Å². The van der Waals surface area contributed by atoms with Crippen LogP contribution in [0.1, 0.15) is 42.5 Å². The monoisotopic (exact) mass is 360 g/mol. The maximum atomic E-state index is 12.0. The van der Waals surface area contributed by atoms with E-state index in [9.17, 15) is 4.79 Å². The van der Waals surface area contributed by atoms with Crippen LogP contribution in [-0.2, 0) is 0 Å². The highest BCUT2D eigenvalue weighted by atomic mass is 127. The Morgan fingerprint density at radius 1 is 1.18 bits per heavy atom. The summed E-state index contributed by atoms with van der Waals surface area (Å²) in [5, 5.41) is 0.719. The minimum Gasteiger partial charge on any atom is -0.293 e. The summed E-state index contributed by atoms with van der Waals surface area (Å²) < 4.78 is 1.18. The van der Waals surface area contributed by atoms with Crippen molar-refractivity contribution < 1.29 is 4.79 Å². The van der Waals surface area contributed by atoms with Crippen LogP contribution in [0.15, 0.2) is 24.3 Å². The number of thioether (sulfide) groups is 1. The molecule has 0 aromatic heterocycles. The largest absolute Gasteiger partial charge is 0.293 e. The first-order valence-electron chi connectivity index (χ1n) is 6.16. The van der Waals surface area contributed by atoms with Gasteiger partial charge >= 0.3 is 0 Å². The number of Topliss-reactive ketones (excluding diaryl/α,β-unsaturated/α-hetero) is 1. The summed E-state index contributed by atoms with van der Waals surface area (Å²) in [4.78, 5) is 12.0. The van der Waals surface area contributed by atoms with Crippen LogP contribution in [0.5, 0.6) is 0 Å². The number of benzene rings is 1. The van der Waals surface area contributed by atoms with Crippen molar-refractivity contribution in [2.75, 3.05) is 5.75 Å². The molecule has 2 rings (SSSR count). The van der Waals surface area contributed by atoms with E-state index in [1.54, 1.807) is 0 Å². The fourth-order valence-electron chi connectivity index (χ4n) is 2.14. The smallest absolute Gasteiger partial charge is 0.172 e. The number of halogens is 1. The fourth-order valence-corrected chi connectivity index (χ4v) is 3.72. The summed E-state index contributed by atoms with van der Waals surface area (Å²) in [6.45, 7) is 0. The van der Waals surface area contributed by atoms with Gasteiger partial charge in [0.05, 0.1) is 5.75 Å². The highest BCUT2D eigenvalue weighted by Crippen LogP contribution is 2.28. The van der Waals surface area contributed by atoms with Crippen LogP contribution in [-0.4, -0.2) is 16.8 Å². The zero-order chi connectivity index (χ0) is 12.1. The third-order valence-electron chi connectivity index (χ3n) is 3.17. The van der Waals surface area contributed by atoms with Crippen LogP contribution in [0.25, 0.3) is 0 Å². The van der Waals surface area contributed by atoms with Gasteiger partial charge in [0.25, 0.3) is 0 Å². The average molecular weight is 360 g/mol. The van der Waals surface area contributed by atoms with Crippen molar-refractivity contribution in [1.82, 2.24) is 0 Å². The zero-order valence-corrected chi connectivity index (χ0v) is 12.8. The van der Waals surface area contributed by atoms with Gasteiger partial charge in [0.1, 0.15) is 0 Å². The minimum absolute atomic E-state index is 0.275. The van der Waals surface area contributed by atoms with Gasteiger partial charge in [0.2, 0.25) is 0 Å². The first kappa shape index (κ1) is 13.4. The number of ketones is 1. The lowest BCUT2D eigenvalue weighted by Crippen LogP contribution is -2.12. The number of rotatable bonds is 4. The molecule has 0 unspecified atom stereocenters. The summed E-state index contributed by atoms with van der Waals surface area (Å²) in [5.41, 5.74) is 0.855. The summed E-state index contributed by atoms with van der Waals surface area (Å²) >= 11 is 4.11. The van der Waals surface area contributed by atoms with Gasteiger partial charge < -0.3 is 0 Å². The zero-order valence-electron chi connectivity index (χ0n) is 9.82. The standard InChI is InChI=1S/C14H17IOS/c15-12-8-6-11(7-9-12)14(16)10-17-13-4-2-1-3-5-13/h6-9,13H,1-5,10H2. The molecule has 0 aliphatic heterocycles. The molecule has 1 aliphatic rings. The molecular formula is C14H17IOS. The van der Waals surface area contributed by atoms with E-state index in [1.165, 1.54) is 35.7 Å². The molecule has 0 atom stereocenters. The van der Waals surface area contributed by atoms with E-state index in [4.69, 9.17) is 0 Å². The second-order valence-electron chi connectivity index (χ2n) is 4.50. The Hall–Kier alpha value is -0.0300. The Labute approximate surface area is 121 Å². The third-order valence-corrected chi connectivity index (χ3v) is 5.26. The Morgan fingerprint density at radius 3 is 2.47 bits per heavy atom. The van der Waals surface area contributed by atoms with E-state index in [-0.39, 0.29) is 5.78 Å². The molecule has 1 aromatic rings. The minimum atomic E-state index is 0.275. The van der Waals surface area contributed by atoms with E-state index >= 15 is 0 Å².